The summed E-state index contributed by atoms with van der Waals surface area (Å²) < 4.78 is 7.61. The van der Waals surface area contributed by atoms with Gasteiger partial charge >= 0.3 is 0 Å². The average molecular weight is 323 g/mol. The number of furan rings is 1. The van der Waals surface area contributed by atoms with Crippen LogP contribution in [0.4, 0.5) is 0 Å². The smallest absolute Gasteiger partial charge is 0.217 e. The van der Waals surface area contributed by atoms with Gasteiger partial charge in [-0.1, -0.05) is 19.3 Å². The first-order valence-corrected chi connectivity index (χ1v) is 8.64. The molecule has 24 heavy (non-hydrogen) atoms. The fraction of sp³-hybridized carbons (Fsp3) is 0.444. The molecule has 0 N–H and O–H groups in total. The van der Waals surface area contributed by atoms with Crippen LogP contribution >= 0.6 is 0 Å². The number of aryl methyl sites for hydroxylation is 2. The molecule has 0 atom stereocenters. The van der Waals surface area contributed by atoms with Crippen molar-refractivity contribution in [3.05, 3.63) is 48.5 Å². The van der Waals surface area contributed by atoms with E-state index < -0.39 is 0 Å². The molecule has 3 aromatic heterocycles. The first kappa shape index (κ1) is 15.1. The molecule has 6 nitrogen and oxygen atoms in total. The van der Waals surface area contributed by atoms with Gasteiger partial charge in [-0.15, -0.1) is 5.10 Å². The molecule has 4 rings (SSSR count). The van der Waals surface area contributed by atoms with Crippen LogP contribution in [0.25, 0.3) is 11.6 Å². The van der Waals surface area contributed by atoms with Crippen molar-refractivity contribution in [1.29, 1.82) is 0 Å². The van der Waals surface area contributed by atoms with E-state index in [-0.39, 0.29) is 0 Å². The van der Waals surface area contributed by atoms with Gasteiger partial charge in [0.05, 0.1) is 18.0 Å². The summed E-state index contributed by atoms with van der Waals surface area (Å²) in [6.07, 6.45) is 14.8. The minimum Gasteiger partial charge on any atom is -0.461 e. The molecule has 1 aliphatic rings. The predicted octanol–water partition coefficient (Wildman–Crippen LogP) is 3.62. The molecule has 0 unspecified atom stereocenters. The van der Waals surface area contributed by atoms with E-state index in [0.29, 0.717) is 11.9 Å². The third-order valence-electron chi connectivity index (χ3n) is 4.59. The number of aromatic nitrogens is 5. The Kier molecular flexibility index (Phi) is 4.36. The van der Waals surface area contributed by atoms with Crippen LogP contribution in [0.3, 0.4) is 0 Å². The van der Waals surface area contributed by atoms with Crippen molar-refractivity contribution in [1.82, 2.24) is 24.7 Å². The van der Waals surface area contributed by atoms with Gasteiger partial charge in [0.25, 0.3) is 0 Å². The second kappa shape index (κ2) is 6.95. The van der Waals surface area contributed by atoms with Gasteiger partial charge in [-0.2, -0.15) is 0 Å². The van der Waals surface area contributed by atoms with Crippen molar-refractivity contribution in [3.8, 4) is 11.6 Å². The Hall–Kier alpha value is -2.50. The highest BCUT2D eigenvalue weighted by Crippen LogP contribution is 2.30. The van der Waals surface area contributed by atoms with Gasteiger partial charge in [0.1, 0.15) is 5.82 Å². The van der Waals surface area contributed by atoms with Crippen molar-refractivity contribution in [2.45, 2.75) is 51.0 Å². The molecule has 0 aromatic carbocycles. The molecule has 124 valence electrons. The fourth-order valence-corrected chi connectivity index (χ4v) is 3.35. The third-order valence-corrected chi connectivity index (χ3v) is 4.59. The minimum absolute atomic E-state index is 0.451. The maximum Gasteiger partial charge on any atom is 0.217 e. The minimum atomic E-state index is 0.451. The molecule has 1 saturated carbocycles. The quantitative estimate of drug-likeness (QED) is 0.717. The SMILES string of the molecule is c1coc(-c2nc(CCc3cnccn3)n(C3CCCCC3)n2)c1. The van der Waals surface area contributed by atoms with Crippen LogP contribution in [0.1, 0.15) is 49.7 Å². The molecule has 1 aliphatic carbocycles. The van der Waals surface area contributed by atoms with Crippen LogP contribution in [-0.4, -0.2) is 24.7 Å². The van der Waals surface area contributed by atoms with Crippen molar-refractivity contribution in [3.63, 3.8) is 0 Å². The van der Waals surface area contributed by atoms with E-state index in [9.17, 15) is 0 Å². The molecule has 1 fully saturated rings. The number of rotatable bonds is 5. The zero-order chi connectivity index (χ0) is 16.2. The number of nitrogens with zero attached hydrogens (tertiary/aromatic N) is 5. The van der Waals surface area contributed by atoms with Crippen LogP contribution in [0.2, 0.25) is 0 Å². The Balaban J connectivity index is 1.60. The van der Waals surface area contributed by atoms with E-state index in [1.54, 1.807) is 18.7 Å². The highest BCUT2D eigenvalue weighted by molar-refractivity contribution is 5.45. The Bertz CT molecular complexity index is 760. The molecule has 3 aromatic rings. The molecule has 0 saturated heterocycles. The first-order valence-electron chi connectivity index (χ1n) is 8.64. The highest BCUT2D eigenvalue weighted by Gasteiger charge is 2.22. The summed E-state index contributed by atoms with van der Waals surface area (Å²) in [5.74, 6) is 2.42. The van der Waals surface area contributed by atoms with Crippen LogP contribution in [-0.2, 0) is 12.8 Å². The topological polar surface area (TPSA) is 69.6 Å². The van der Waals surface area contributed by atoms with Crippen molar-refractivity contribution in [2.75, 3.05) is 0 Å². The molecular weight excluding hydrogens is 302 g/mol. The van der Waals surface area contributed by atoms with Gasteiger partial charge in [0.15, 0.2) is 5.76 Å². The Labute approximate surface area is 141 Å². The molecule has 0 aliphatic heterocycles. The Morgan fingerprint density at radius 3 is 2.79 bits per heavy atom. The summed E-state index contributed by atoms with van der Waals surface area (Å²) in [6, 6.07) is 4.23. The van der Waals surface area contributed by atoms with Gasteiger partial charge in [-0.05, 0) is 31.4 Å². The van der Waals surface area contributed by atoms with Gasteiger partial charge in [0.2, 0.25) is 5.82 Å². The average Bonchev–Trinajstić information content (AvgIpc) is 3.31. The molecule has 6 heteroatoms. The zero-order valence-corrected chi connectivity index (χ0v) is 13.6. The summed E-state index contributed by atoms with van der Waals surface area (Å²) in [5, 5.41) is 4.76. The van der Waals surface area contributed by atoms with Crippen molar-refractivity contribution in [2.24, 2.45) is 0 Å². The second-order valence-corrected chi connectivity index (χ2v) is 6.26. The van der Waals surface area contributed by atoms with Crippen molar-refractivity contribution < 1.29 is 4.42 Å². The van der Waals surface area contributed by atoms with Crippen LogP contribution in [0, 0.1) is 0 Å². The van der Waals surface area contributed by atoms with E-state index in [1.807, 2.05) is 18.3 Å². The second-order valence-electron chi connectivity index (χ2n) is 6.26. The lowest BCUT2D eigenvalue weighted by molar-refractivity contribution is 0.320. The maximum absolute atomic E-state index is 5.48. The van der Waals surface area contributed by atoms with E-state index in [4.69, 9.17) is 14.5 Å². The molecule has 0 amide bonds. The van der Waals surface area contributed by atoms with E-state index in [1.165, 1.54) is 32.1 Å². The van der Waals surface area contributed by atoms with Crippen LogP contribution in [0.15, 0.2) is 41.4 Å². The van der Waals surface area contributed by atoms with Gasteiger partial charge in [0, 0.05) is 25.0 Å². The summed E-state index contributed by atoms with van der Waals surface area (Å²) >= 11 is 0. The lowest BCUT2D eigenvalue weighted by atomic mass is 9.95. The molecule has 0 spiro atoms. The fourth-order valence-electron chi connectivity index (χ4n) is 3.35. The number of hydrogen-bond donors (Lipinski definition) is 0. The third kappa shape index (κ3) is 3.22. The largest absolute Gasteiger partial charge is 0.461 e. The Morgan fingerprint density at radius 2 is 2.04 bits per heavy atom. The summed E-state index contributed by atoms with van der Waals surface area (Å²) in [7, 11) is 0. The maximum atomic E-state index is 5.48. The Morgan fingerprint density at radius 1 is 1.12 bits per heavy atom. The van der Waals surface area contributed by atoms with Gasteiger partial charge in [-0.3, -0.25) is 9.97 Å². The van der Waals surface area contributed by atoms with E-state index >= 15 is 0 Å². The first-order chi connectivity index (χ1) is 11.9. The monoisotopic (exact) mass is 323 g/mol. The van der Waals surface area contributed by atoms with E-state index in [2.05, 4.69) is 14.6 Å². The molecule has 3 heterocycles. The van der Waals surface area contributed by atoms with E-state index in [0.717, 1.165) is 30.1 Å². The summed E-state index contributed by atoms with van der Waals surface area (Å²) in [5.41, 5.74) is 0.982. The van der Waals surface area contributed by atoms with Gasteiger partial charge < -0.3 is 4.42 Å². The lowest BCUT2D eigenvalue weighted by Gasteiger charge is -2.23. The molecule has 0 radical (unpaired) electrons. The number of hydrogen-bond acceptors (Lipinski definition) is 5. The lowest BCUT2D eigenvalue weighted by Crippen LogP contribution is -2.17. The zero-order valence-electron chi connectivity index (χ0n) is 13.6. The van der Waals surface area contributed by atoms with Crippen LogP contribution in [0.5, 0.6) is 0 Å². The van der Waals surface area contributed by atoms with Crippen LogP contribution < -0.4 is 0 Å². The molecular formula is C18H21N5O. The summed E-state index contributed by atoms with van der Waals surface area (Å²) in [6.45, 7) is 0. The predicted molar refractivity (Wildman–Crippen MR) is 89.3 cm³/mol. The summed E-state index contributed by atoms with van der Waals surface area (Å²) in [4.78, 5) is 13.2. The highest BCUT2D eigenvalue weighted by atomic mass is 16.3. The normalized spacial score (nSPS) is 15.7. The van der Waals surface area contributed by atoms with Gasteiger partial charge in [-0.25, -0.2) is 9.67 Å². The standard InChI is InChI=1S/C18H21N5O/c1-2-5-15(6-3-1)23-17(9-8-14-13-19-10-11-20-14)21-18(22-23)16-7-4-12-24-16/h4,7,10-13,15H,1-3,5-6,8-9H2. The molecule has 0 bridgehead atoms. The van der Waals surface area contributed by atoms with Crippen molar-refractivity contribution >= 4 is 0 Å².